The predicted octanol–water partition coefficient (Wildman–Crippen LogP) is 2.85. The minimum atomic E-state index is -1.62. The normalized spacial score (nSPS) is 38.5. The Morgan fingerprint density at radius 2 is 1.95 bits per heavy atom. The van der Waals surface area contributed by atoms with Crippen molar-refractivity contribution in [1.82, 2.24) is 4.90 Å². The second kappa shape index (κ2) is 3.93. The number of carbonyl (C=O) groups is 2. The van der Waals surface area contributed by atoms with Crippen molar-refractivity contribution >= 4 is 11.9 Å². The number of hydrogen-bond donors (Lipinski definition) is 0. The Kier molecular flexibility index (Phi) is 2.96. The minimum Gasteiger partial charge on any atom is -0.444 e. The summed E-state index contributed by atoms with van der Waals surface area (Å²) in [7, 11) is 0. The van der Waals surface area contributed by atoms with Gasteiger partial charge < -0.3 is 4.74 Å². The van der Waals surface area contributed by atoms with Crippen molar-refractivity contribution < 1.29 is 18.7 Å². The molecule has 0 aromatic heterocycles. The van der Waals surface area contributed by atoms with Crippen LogP contribution >= 0.6 is 0 Å². The summed E-state index contributed by atoms with van der Waals surface area (Å²) in [5, 5.41) is 0. The number of Topliss-reactive ketones (excluding diaryl/α,β-unsaturated/α-hetero) is 1. The van der Waals surface area contributed by atoms with Gasteiger partial charge in [-0.3, -0.25) is 9.69 Å². The highest BCUT2D eigenvalue weighted by Gasteiger charge is 2.63. The Morgan fingerprint density at radius 1 is 1.37 bits per heavy atom. The van der Waals surface area contributed by atoms with Crippen LogP contribution in [0.2, 0.25) is 0 Å². The van der Waals surface area contributed by atoms with E-state index in [9.17, 15) is 14.0 Å². The van der Waals surface area contributed by atoms with Gasteiger partial charge in [0, 0.05) is 6.42 Å². The molecular formula is C14H22FNO3. The summed E-state index contributed by atoms with van der Waals surface area (Å²) in [6, 6.07) is 0. The van der Waals surface area contributed by atoms with Crippen LogP contribution in [0, 0.1) is 0 Å². The fraction of sp³-hybridized carbons (Fsp3) is 0.857. The number of rotatable bonds is 0. The van der Waals surface area contributed by atoms with Crippen LogP contribution in [0.3, 0.4) is 0 Å². The third-order valence-electron chi connectivity index (χ3n) is 4.18. The van der Waals surface area contributed by atoms with Gasteiger partial charge in [-0.05, 0) is 47.5 Å². The fourth-order valence-corrected chi connectivity index (χ4v) is 3.32. The number of hydrogen-bond acceptors (Lipinski definition) is 3. The van der Waals surface area contributed by atoms with E-state index in [4.69, 9.17) is 4.74 Å². The van der Waals surface area contributed by atoms with E-state index in [0.717, 1.165) is 0 Å². The molecule has 0 unspecified atom stereocenters. The van der Waals surface area contributed by atoms with Crippen molar-refractivity contribution in [2.45, 2.75) is 76.7 Å². The summed E-state index contributed by atoms with van der Waals surface area (Å²) in [6.07, 6.45) is -0.936. The van der Waals surface area contributed by atoms with Crippen LogP contribution in [0.25, 0.3) is 0 Å². The van der Waals surface area contributed by atoms with Crippen molar-refractivity contribution in [3.8, 4) is 0 Å². The van der Waals surface area contributed by atoms with Gasteiger partial charge in [-0.25, -0.2) is 9.18 Å². The lowest BCUT2D eigenvalue weighted by Crippen LogP contribution is -2.65. The van der Waals surface area contributed by atoms with Gasteiger partial charge in [0.15, 0.2) is 12.0 Å². The third-order valence-corrected chi connectivity index (χ3v) is 4.18. The van der Waals surface area contributed by atoms with E-state index in [-0.39, 0.29) is 6.42 Å². The molecule has 0 aliphatic carbocycles. The molecule has 0 N–H and O–H groups in total. The number of nitrogens with zero attached hydrogens (tertiary/aromatic N) is 1. The molecule has 0 aromatic rings. The molecule has 0 aromatic carbocycles. The smallest absolute Gasteiger partial charge is 0.411 e. The number of carbonyl (C=O) groups excluding carboxylic acids is 2. The first-order valence-corrected chi connectivity index (χ1v) is 6.70. The zero-order valence-electron chi connectivity index (χ0n) is 12.2. The average Bonchev–Trinajstić information content (AvgIpc) is 2.43. The molecule has 2 fully saturated rings. The van der Waals surface area contributed by atoms with Crippen LogP contribution in [0.4, 0.5) is 9.18 Å². The molecule has 4 nitrogen and oxygen atoms in total. The monoisotopic (exact) mass is 271 g/mol. The Morgan fingerprint density at radius 3 is 2.47 bits per heavy atom. The molecule has 0 saturated carbocycles. The maximum absolute atomic E-state index is 14.3. The number of halogens is 1. The van der Waals surface area contributed by atoms with Crippen LogP contribution in [0.1, 0.15) is 53.9 Å². The van der Waals surface area contributed by atoms with Crippen molar-refractivity contribution in [1.29, 1.82) is 0 Å². The standard InChI is InChI=1S/C14H22FNO3/c1-12(2,3)19-11(18)16-13(4)6-7-14(16,5)10(15)9(17)8-13/h10H,6-8H2,1-5H3/t10-,13-,14+/m0/s1. The first-order valence-electron chi connectivity index (χ1n) is 6.70. The zero-order valence-corrected chi connectivity index (χ0v) is 12.2. The van der Waals surface area contributed by atoms with E-state index in [1.54, 1.807) is 27.7 Å². The van der Waals surface area contributed by atoms with Gasteiger partial charge in [0.25, 0.3) is 0 Å². The third kappa shape index (κ3) is 2.13. The first kappa shape index (κ1) is 14.3. The topological polar surface area (TPSA) is 46.6 Å². The lowest BCUT2D eigenvalue weighted by molar-refractivity contribution is -0.139. The molecule has 2 bridgehead atoms. The Balaban J connectivity index is 2.34. The van der Waals surface area contributed by atoms with E-state index in [1.165, 1.54) is 4.90 Å². The first-order chi connectivity index (χ1) is 8.50. The summed E-state index contributed by atoms with van der Waals surface area (Å²) in [6.45, 7) is 8.81. The number of fused-ring (bicyclic) bond motifs is 2. The Bertz CT molecular complexity index is 431. The molecule has 2 rings (SSSR count). The lowest BCUT2D eigenvalue weighted by Gasteiger charge is -2.48. The minimum absolute atomic E-state index is 0.0724. The van der Waals surface area contributed by atoms with E-state index < -0.39 is 34.7 Å². The average molecular weight is 271 g/mol. The fourth-order valence-electron chi connectivity index (χ4n) is 3.32. The summed E-state index contributed by atoms with van der Waals surface area (Å²) in [5.41, 5.74) is -2.31. The quantitative estimate of drug-likeness (QED) is 0.680. The van der Waals surface area contributed by atoms with Crippen LogP contribution in [0.5, 0.6) is 0 Å². The van der Waals surface area contributed by atoms with E-state index in [2.05, 4.69) is 0 Å². The molecule has 2 heterocycles. The zero-order chi connectivity index (χ0) is 14.6. The van der Waals surface area contributed by atoms with Gasteiger partial charge in [0.2, 0.25) is 0 Å². The largest absolute Gasteiger partial charge is 0.444 e. The van der Waals surface area contributed by atoms with Gasteiger partial charge in [0.05, 0.1) is 11.1 Å². The Hall–Kier alpha value is -1.13. The number of ether oxygens (including phenoxy) is 1. The van der Waals surface area contributed by atoms with Gasteiger partial charge in [-0.1, -0.05) is 0 Å². The molecule has 1 amide bonds. The van der Waals surface area contributed by atoms with Crippen molar-refractivity contribution in [3.05, 3.63) is 0 Å². The highest BCUT2D eigenvalue weighted by atomic mass is 19.1. The highest BCUT2D eigenvalue weighted by molar-refractivity contribution is 5.89. The molecule has 3 atom stereocenters. The molecule has 5 heteroatoms. The van der Waals surface area contributed by atoms with E-state index in [0.29, 0.717) is 12.8 Å². The summed E-state index contributed by atoms with van der Waals surface area (Å²) in [5.74, 6) is -0.401. The van der Waals surface area contributed by atoms with Gasteiger partial charge in [-0.2, -0.15) is 0 Å². The van der Waals surface area contributed by atoms with Crippen molar-refractivity contribution in [2.24, 2.45) is 0 Å². The number of ketones is 1. The molecule has 0 radical (unpaired) electrons. The predicted molar refractivity (Wildman–Crippen MR) is 68.6 cm³/mol. The van der Waals surface area contributed by atoms with Crippen LogP contribution in [0.15, 0.2) is 0 Å². The highest BCUT2D eigenvalue weighted by Crippen LogP contribution is 2.50. The summed E-state index contributed by atoms with van der Waals surface area (Å²) >= 11 is 0. The van der Waals surface area contributed by atoms with Gasteiger partial charge >= 0.3 is 6.09 Å². The second-order valence-corrected chi connectivity index (χ2v) is 7.18. The molecule has 108 valence electrons. The molecule has 2 saturated heterocycles. The summed E-state index contributed by atoms with van der Waals surface area (Å²) in [4.78, 5) is 25.6. The molecule has 2 aliphatic heterocycles. The SMILES string of the molecule is CC(C)(C)OC(=O)N1[C@@]2(C)CC[C@]1(C)[C@@H](F)C(=O)C2. The van der Waals surface area contributed by atoms with Crippen LogP contribution in [-0.2, 0) is 9.53 Å². The maximum Gasteiger partial charge on any atom is 0.411 e. The van der Waals surface area contributed by atoms with Crippen LogP contribution in [-0.4, -0.2) is 39.6 Å². The van der Waals surface area contributed by atoms with E-state index in [1.807, 2.05) is 6.92 Å². The molecular weight excluding hydrogens is 249 g/mol. The Labute approximate surface area is 113 Å². The second-order valence-electron chi connectivity index (χ2n) is 7.18. The molecule has 0 spiro atoms. The molecule has 19 heavy (non-hydrogen) atoms. The lowest BCUT2D eigenvalue weighted by atomic mass is 9.83. The van der Waals surface area contributed by atoms with Gasteiger partial charge in [-0.15, -0.1) is 0 Å². The number of amides is 1. The van der Waals surface area contributed by atoms with Crippen molar-refractivity contribution in [3.63, 3.8) is 0 Å². The molecule has 2 aliphatic rings. The number of alkyl halides is 1. The van der Waals surface area contributed by atoms with Crippen molar-refractivity contribution in [2.75, 3.05) is 0 Å². The van der Waals surface area contributed by atoms with Crippen LogP contribution < -0.4 is 0 Å². The number of piperidine rings is 1. The maximum atomic E-state index is 14.3. The van der Waals surface area contributed by atoms with E-state index >= 15 is 0 Å². The van der Waals surface area contributed by atoms with Gasteiger partial charge in [0.1, 0.15) is 5.60 Å². The summed E-state index contributed by atoms with van der Waals surface area (Å²) < 4.78 is 19.6.